The second-order valence-corrected chi connectivity index (χ2v) is 8.40. The number of aryl methyl sites for hydroxylation is 1. The van der Waals surface area contributed by atoms with Crippen molar-refractivity contribution >= 4 is 22.6 Å². The van der Waals surface area contributed by atoms with Gasteiger partial charge in [0, 0.05) is 44.3 Å². The van der Waals surface area contributed by atoms with E-state index in [4.69, 9.17) is 14.5 Å². The molecule has 1 aliphatic heterocycles. The molecule has 0 aliphatic carbocycles. The Balaban J connectivity index is 1.59. The number of nitrogens with zero attached hydrogens (tertiary/aromatic N) is 5. The highest BCUT2D eigenvalue weighted by Gasteiger charge is 2.27. The summed E-state index contributed by atoms with van der Waals surface area (Å²) in [5.74, 6) is 0.0591. The topological polar surface area (TPSA) is 101 Å². The van der Waals surface area contributed by atoms with Crippen LogP contribution in [0, 0.1) is 6.92 Å². The predicted molar refractivity (Wildman–Crippen MR) is 125 cm³/mol. The summed E-state index contributed by atoms with van der Waals surface area (Å²) in [4.78, 5) is 29.4. The third-order valence-electron chi connectivity index (χ3n) is 5.61. The van der Waals surface area contributed by atoms with Gasteiger partial charge in [0.1, 0.15) is 18.8 Å². The van der Waals surface area contributed by atoms with Crippen molar-refractivity contribution in [3.63, 3.8) is 0 Å². The molecular weight excluding hydrogens is 422 g/mol. The minimum Gasteiger partial charge on any atom is -0.473 e. The molecule has 0 spiro atoms. The fourth-order valence-corrected chi connectivity index (χ4v) is 3.96. The van der Waals surface area contributed by atoms with Gasteiger partial charge in [-0.05, 0) is 37.6 Å². The van der Waals surface area contributed by atoms with Crippen LogP contribution in [0.15, 0.2) is 36.7 Å². The molecule has 0 saturated carbocycles. The van der Waals surface area contributed by atoms with Gasteiger partial charge in [-0.15, -0.1) is 0 Å². The Morgan fingerprint density at radius 2 is 2.09 bits per heavy atom. The van der Waals surface area contributed by atoms with Gasteiger partial charge in [-0.3, -0.25) is 9.78 Å². The van der Waals surface area contributed by atoms with Crippen molar-refractivity contribution in [2.24, 2.45) is 0 Å². The van der Waals surface area contributed by atoms with Crippen LogP contribution in [0.1, 0.15) is 12.5 Å². The first-order chi connectivity index (χ1) is 15.8. The lowest BCUT2D eigenvalue weighted by molar-refractivity contribution is -0.147. The highest BCUT2D eigenvalue weighted by atomic mass is 16.5. The van der Waals surface area contributed by atoms with Gasteiger partial charge in [-0.25, -0.2) is 9.97 Å². The molecule has 33 heavy (non-hydrogen) atoms. The van der Waals surface area contributed by atoms with Crippen molar-refractivity contribution in [2.75, 3.05) is 45.3 Å². The molecule has 4 rings (SSSR count). The molecule has 1 saturated heterocycles. The van der Waals surface area contributed by atoms with E-state index in [0.29, 0.717) is 36.6 Å². The minimum absolute atomic E-state index is 0.199. The maximum absolute atomic E-state index is 12.1. The number of aliphatic hydroxyl groups excluding tert-OH is 1. The van der Waals surface area contributed by atoms with E-state index < -0.39 is 6.10 Å². The molecule has 1 aromatic carbocycles. The highest BCUT2D eigenvalue weighted by molar-refractivity contribution is 5.84. The van der Waals surface area contributed by atoms with Crippen LogP contribution in [0.25, 0.3) is 22.3 Å². The van der Waals surface area contributed by atoms with Gasteiger partial charge in [-0.1, -0.05) is 6.07 Å². The van der Waals surface area contributed by atoms with Gasteiger partial charge in [0.05, 0.1) is 24.4 Å². The van der Waals surface area contributed by atoms with Crippen LogP contribution in [0.3, 0.4) is 0 Å². The summed E-state index contributed by atoms with van der Waals surface area (Å²) in [7, 11) is 4.03. The number of hydrogen-bond donors (Lipinski definition) is 1. The van der Waals surface area contributed by atoms with Crippen LogP contribution in [-0.4, -0.2) is 83.5 Å². The highest BCUT2D eigenvalue weighted by Crippen LogP contribution is 2.30. The molecule has 1 aliphatic rings. The van der Waals surface area contributed by atoms with E-state index in [1.54, 1.807) is 17.3 Å². The number of anilines is 1. The summed E-state index contributed by atoms with van der Waals surface area (Å²) in [5, 5.41) is 9.60. The quantitative estimate of drug-likeness (QED) is 0.608. The number of pyridine rings is 1. The number of aromatic nitrogens is 3. The third kappa shape index (κ3) is 5.04. The van der Waals surface area contributed by atoms with Crippen LogP contribution >= 0.6 is 0 Å². The Morgan fingerprint density at radius 3 is 2.82 bits per heavy atom. The number of carbonyl (C=O) groups excluding carboxylic acids is 1. The normalized spacial score (nSPS) is 17.1. The summed E-state index contributed by atoms with van der Waals surface area (Å²) >= 11 is 0. The van der Waals surface area contributed by atoms with Crippen LogP contribution in [0.2, 0.25) is 0 Å². The maximum Gasteiger partial charge on any atom is 0.251 e. The molecule has 2 atom stereocenters. The average molecular weight is 452 g/mol. The van der Waals surface area contributed by atoms with Gasteiger partial charge in [0.15, 0.2) is 5.52 Å². The molecule has 9 heteroatoms. The molecular formula is C24H29N5O4. The molecule has 0 radical (unpaired) electrons. The van der Waals surface area contributed by atoms with Crippen molar-refractivity contribution < 1.29 is 19.4 Å². The smallest absolute Gasteiger partial charge is 0.251 e. The van der Waals surface area contributed by atoms with Crippen LogP contribution < -0.4 is 9.64 Å². The standard InChI is InChI=1S/C24H29N5O4/c1-15-11-17(5-6-21(15)28(3)4)19-12-20-22(26-8-7-25-20)23(27-19)33-14-18-13-29(9-10-32-18)24(31)16(2)30/h5-8,11-12,16,18,30H,9-10,13-14H2,1-4H3/t16-,18?/m0/s1. The SMILES string of the molecule is Cc1cc(-c2cc3nccnc3c(OCC3CN(C(=O)[C@H](C)O)CCO3)n2)ccc1N(C)C. The largest absolute Gasteiger partial charge is 0.473 e. The summed E-state index contributed by atoms with van der Waals surface area (Å²) in [5.41, 5.74) is 5.22. The first-order valence-corrected chi connectivity index (χ1v) is 10.9. The van der Waals surface area contributed by atoms with E-state index in [2.05, 4.69) is 33.9 Å². The van der Waals surface area contributed by atoms with E-state index in [0.717, 1.165) is 22.5 Å². The Kier molecular flexibility index (Phi) is 6.71. The van der Waals surface area contributed by atoms with Crippen LogP contribution in [-0.2, 0) is 9.53 Å². The number of fused-ring (bicyclic) bond motifs is 1. The van der Waals surface area contributed by atoms with E-state index in [-0.39, 0.29) is 18.6 Å². The van der Waals surface area contributed by atoms with E-state index in [9.17, 15) is 9.90 Å². The lowest BCUT2D eigenvalue weighted by atomic mass is 10.1. The summed E-state index contributed by atoms with van der Waals surface area (Å²) in [6.45, 7) is 4.92. The molecule has 1 N–H and O–H groups in total. The Labute approximate surface area is 193 Å². The fourth-order valence-electron chi connectivity index (χ4n) is 3.96. The van der Waals surface area contributed by atoms with Gasteiger partial charge >= 0.3 is 0 Å². The Hall–Kier alpha value is -3.30. The number of ether oxygens (including phenoxy) is 2. The Bertz CT molecular complexity index is 1150. The minimum atomic E-state index is -1.04. The predicted octanol–water partition coefficient (Wildman–Crippen LogP) is 2.05. The number of morpholine rings is 1. The average Bonchev–Trinajstić information content (AvgIpc) is 2.81. The molecule has 174 valence electrons. The first kappa shape index (κ1) is 22.9. The summed E-state index contributed by atoms with van der Waals surface area (Å²) in [6.07, 6.45) is 1.87. The van der Waals surface area contributed by atoms with E-state index in [1.165, 1.54) is 6.92 Å². The molecule has 3 heterocycles. The second kappa shape index (κ2) is 9.68. The van der Waals surface area contributed by atoms with Crippen molar-refractivity contribution in [3.8, 4) is 17.1 Å². The first-order valence-electron chi connectivity index (χ1n) is 10.9. The summed E-state index contributed by atoms with van der Waals surface area (Å²) in [6, 6.07) is 8.09. The number of rotatable bonds is 6. The zero-order valence-corrected chi connectivity index (χ0v) is 19.4. The molecule has 2 aromatic heterocycles. The molecule has 3 aromatic rings. The van der Waals surface area contributed by atoms with Gasteiger partial charge in [0.25, 0.3) is 5.91 Å². The van der Waals surface area contributed by atoms with Crippen LogP contribution in [0.4, 0.5) is 5.69 Å². The van der Waals surface area contributed by atoms with Gasteiger partial charge in [0.2, 0.25) is 5.88 Å². The lowest BCUT2D eigenvalue weighted by Gasteiger charge is -2.33. The van der Waals surface area contributed by atoms with Gasteiger partial charge < -0.3 is 24.4 Å². The Morgan fingerprint density at radius 1 is 1.30 bits per heavy atom. The van der Waals surface area contributed by atoms with Crippen molar-refractivity contribution in [2.45, 2.75) is 26.1 Å². The fraction of sp³-hybridized carbons (Fsp3) is 0.417. The monoisotopic (exact) mass is 451 g/mol. The molecule has 1 fully saturated rings. The van der Waals surface area contributed by atoms with Crippen molar-refractivity contribution in [1.82, 2.24) is 19.9 Å². The van der Waals surface area contributed by atoms with Gasteiger partial charge in [-0.2, -0.15) is 0 Å². The zero-order valence-electron chi connectivity index (χ0n) is 19.4. The van der Waals surface area contributed by atoms with Crippen molar-refractivity contribution in [1.29, 1.82) is 0 Å². The second-order valence-electron chi connectivity index (χ2n) is 8.40. The zero-order chi connectivity index (χ0) is 23.5. The lowest BCUT2D eigenvalue weighted by Crippen LogP contribution is -2.50. The third-order valence-corrected chi connectivity index (χ3v) is 5.61. The van der Waals surface area contributed by atoms with Crippen LogP contribution in [0.5, 0.6) is 5.88 Å². The van der Waals surface area contributed by atoms with E-state index >= 15 is 0 Å². The number of carbonyl (C=O) groups is 1. The molecule has 0 bridgehead atoms. The molecule has 1 amide bonds. The number of hydrogen-bond acceptors (Lipinski definition) is 8. The molecule has 1 unspecified atom stereocenters. The number of benzene rings is 1. The number of aliphatic hydroxyl groups is 1. The van der Waals surface area contributed by atoms with E-state index in [1.807, 2.05) is 26.2 Å². The maximum atomic E-state index is 12.1. The molecule has 9 nitrogen and oxygen atoms in total. The number of amides is 1. The summed E-state index contributed by atoms with van der Waals surface area (Å²) < 4.78 is 11.8. The van der Waals surface area contributed by atoms with Crippen molar-refractivity contribution in [3.05, 3.63) is 42.2 Å².